The Hall–Kier alpha value is -3.35. The van der Waals surface area contributed by atoms with Crippen molar-refractivity contribution in [2.75, 3.05) is 28.4 Å². The zero-order valence-electron chi connectivity index (χ0n) is 14.8. The molecule has 0 bridgehead atoms. The number of aromatic hydroxyl groups is 1. The largest absolute Gasteiger partial charge is 0.502 e. The Morgan fingerprint density at radius 1 is 0.846 bits per heavy atom. The third-order valence-electron chi connectivity index (χ3n) is 4.01. The van der Waals surface area contributed by atoms with E-state index in [-0.39, 0.29) is 16.7 Å². The maximum Gasteiger partial charge on any atom is 0.235 e. The van der Waals surface area contributed by atoms with E-state index in [2.05, 4.69) is 0 Å². The van der Waals surface area contributed by atoms with Crippen LogP contribution in [0, 0.1) is 0 Å². The highest BCUT2D eigenvalue weighted by Gasteiger charge is 2.20. The van der Waals surface area contributed by atoms with E-state index in [1.165, 1.54) is 34.5 Å². The third kappa shape index (κ3) is 2.77. The molecule has 0 fully saturated rings. The maximum atomic E-state index is 12.7. The van der Waals surface area contributed by atoms with Crippen molar-refractivity contribution in [1.29, 1.82) is 0 Å². The van der Waals surface area contributed by atoms with Gasteiger partial charge in [-0.25, -0.2) is 0 Å². The molecule has 0 saturated heterocycles. The van der Waals surface area contributed by atoms with Crippen LogP contribution in [0.2, 0.25) is 0 Å². The van der Waals surface area contributed by atoms with Crippen LogP contribution >= 0.6 is 0 Å². The first-order valence-electron chi connectivity index (χ1n) is 7.68. The van der Waals surface area contributed by atoms with Crippen molar-refractivity contribution in [3.8, 4) is 40.1 Å². The summed E-state index contributed by atoms with van der Waals surface area (Å²) < 4.78 is 26.7. The van der Waals surface area contributed by atoms with Crippen LogP contribution in [0.25, 0.3) is 22.3 Å². The van der Waals surface area contributed by atoms with Crippen molar-refractivity contribution in [2.24, 2.45) is 0 Å². The highest BCUT2D eigenvalue weighted by atomic mass is 16.5. The van der Waals surface area contributed by atoms with Crippen molar-refractivity contribution < 1.29 is 28.5 Å². The average Bonchev–Trinajstić information content (AvgIpc) is 2.69. The summed E-state index contributed by atoms with van der Waals surface area (Å²) >= 11 is 0. The quantitative estimate of drug-likeness (QED) is 0.749. The number of fused-ring (bicyclic) bond motifs is 1. The standard InChI is InChI=1S/C19H18O7/c1-22-11-8-12-16(20)17(21)18(26-19(12)15(9-11)25-4)10-5-6-13(23-2)14(7-10)24-3/h5-9,21H,1-4H3. The van der Waals surface area contributed by atoms with E-state index in [0.717, 1.165) is 0 Å². The number of rotatable bonds is 5. The van der Waals surface area contributed by atoms with Crippen molar-refractivity contribution in [3.05, 3.63) is 40.6 Å². The molecule has 3 aromatic rings. The van der Waals surface area contributed by atoms with Gasteiger partial charge in [-0.3, -0.25) is 4.79 Å². The van der Waals surface area contributed by atoms with Crippen molar-refractivity contribution in [2.45, 2.75) is 0 Å². The Bertz CT molecular complexity index is 1020. The SMILES string of the molecule is COc1cc(OC)c2oc(-c3ccc(OC)c(OC)c3)c(O)c(=O)c2c1. The van der Waals surface area contributed by atoms with Gasteiger partial charge in [-0.05, 0) is 24.3 Å². The fourth-order valence-electron chi connectivity index (χ4n) is 2.67. The first-order valence-corrected chi connectivity index (χ1v) is 7.68. The molecule has 0 unspecified atom stereocenters. The predicted octanol–water partition coefficient (Wildman–Crippen LogP) is 3.20. The summed E-state index contributed by atoms with van der Waals surface area (Å²) in [4.78, 5) is 12.7. The molecule has 0 aliphatic heterocycles. The molecular formula is C19H18O7. The average molecular weight is 358 g/mol. The van der Waals surface area contributed by atoms with E-state index in [4.69, 9.17) is 23.4 Å². The summed E-state index contributed by atoms with van der Waals surface area (Å²) in [6.45, 7) is 0. The van der Waals surface area contributed by atoms with Gasteiger partial charge in [-0.15, -0.1) is 0 Å². The zero-order chi connectivity index (χ0) is 18.8. The molecule has 1 N–H and O–H groups in total. The Kier molecular flexibility index (Phi) is 4.62. The second-order valence-corrected chi connectivity index (χ2v) is 5.39. The van der Waals surface area contributed by atoms with E-state index in [1.807, 2.05) is 0 Å². The molecular weight excluding hydrogens is 340 g/mol. The van der Waals surface area contributed by atoms with Crippen LogP contribution in [0.15, 0.2) is 39.5 Å². The van der Waals surface area contributed by atoms with Gasteiger partial charge in [0.25, 0.3) is 0 Å². The lowest BCUT2D eigenvalue weighted by atomic mass is 10.1. The first kappa shape index (κ1) is 17.5. The van der Waals surface area contributed by atoms with Crippen molar-refractivity contribution in [1.82, 2.24) is 0 Å². The molecule has 3 rings (SSSR count). The molecule has 0 amide bonds. The van der Waals surface area contributed by atoms with Gasteiger partial charge >= 0.3 is 0 Å². The summed E-state index contributed by atoms with van der Waals surface area (Å²) in [5.41, 5.74) is 0.0751. The number of hydrogen-bond acceptors (Lipinski definition) is 7. The highest BCUT2D eigenvalue weighted by Crippen LogP contribution is 2.39. The molecule has 0 radical (unpaired) electrons. The Morgan fingerprint density at radius 2 is 1.54 bits per heavy atom. The van der Waals surface area contributed by atoms with Crippen LogP contribution in [0.1, 0.15) is 0 Å². The zero-order valence-corrected chi connectivity index (χ0v) is 14.8. The van der Waals surface area contributed by atoms with E-state index < -0.39 is 11.2 Å². The van der Waals surface area contributed by atoms with E-state index >= 15 is 0 Å². The summed E-state index contributed by atoms with van der Waals surface area (Å²) in [6, 6.07) is 8.01. The van der Waals surface area contributed by atoms with E-state index in [9.17, 15) is 9.90 Å². The number of benzene rings is 2. The molecule has 0 saturated carbocycles. The summed E-state index contributed by atoms with van der Waals surface area (Å²) in [6.07, 6.45) is 0. The molecule has 1 heterocycles. The molecule has 26 heavy (non-hydrogen) atoms. The monoisotopic (exact) mass is 358 g/mol. The number of hydrogen-bond donors (Lipinski definition) is 1. The van der Waals surface area contributed by atoms with Gasteiger partial charge in [0.15, 0.2) is 28.6 Å². The molecule has 2 aromatic carbocycles. The van der Waals surface area contributed by atoms with Crippen LogP contribution in [-0.2, 0) is 0 Å². The van der Waals surface area contributed by atoms with Crippen LogP contribution in [0.3, 0.4) is 0 Å². The van der Waals surface area contributed by atoms with Crippen molar-refractivity contribution >= 4 is 11.0 Å². The topological polar surface area (TPSA) is 87.4 Å². The maximum absolute atomic E-state index is 12.7. The summed E-state index contributed by atoms with van der Waals surface area (Å²) in [5.74, 6) is 1.18. The molecule has 7 nitrogen and oxygen atoms in total. The molecule has 0 aliphatic carbocycles. The Balaban J connectivity index is 2.31. The molecule has 0 atom stereocenters. The Labute approximate surface area is 149 Å². The molecule has 136 valence electrons. The first-order chi connectivity index (χ1) is 12.5. The lowest BCUT2D eigenvalue weighted by Crippen LogP contribution is -2.04. The number of methoxy groups -OCH3 is 4. The van der Waals surface area contributed by atoms with Gasteiger partial charge in [-0.2, -0.15) is 0 Å². The van der Waals surface area contributed by atoms with E-state index in [0.29, 0.717) is 28.6 Å². The van der Waals surface area contributed by atoms with Gasteiger partial charge < -0.3 is 28.5 Å². The minimum atomic E-state index is -0.590. The smallest absolute Gasteiger partial charge is 0.235 e. The summed E-state index contributed by atoms with van der Waals surface area (Å²) in [5, 5.41) is 10.6. The van der Waals surface area contributed by atoms with Crippen LogP contribution in [0.4, 0.5) is 0 Å². The minimum Gasteiger partial charge on any atom is -0.502 e. The second kappa shape index (κ2) is 6.87. The minimum absolute atomic E-state index is 0.00641. The molecule has 1 aromatic heterocycles. The lowest BCUT2D eigenvalue weighted by molar-refractivity contribution is 0.355. The fraction of sp³-hybridized carbons (Fsp3) is 0.211. The predicted molar refractivity (Wildman–Crippen MR) is 95.8 cm³/mol. The second-order valence-electron chi connectivity index (χ2n) is 5.39. The highest BCUT2D eigenvalue weighted by molar-refractivity contribution is 5.88. The normalized spacial score (nSPS) is 10.6. The number of ether oxygens (including phenoxy) is 4. The van der Waals surface area contributed by atoms with Crippen LogP contribution in [-0.4, -0.2) is 33.5 Å². The van der Waals surface area contributed by atoms with Crippen LogP contribution < -0.4 is 24.4 Å². The molecule has 7 heteroatoms. The van der Waals surface area contributed by atoms with Crippen molar-refractivity contribution in [3.63, 3.8) is 0 Å². The van der Waals surface area contributed by atoms with Gasteiger partial charge in [0, 0.05) is 11.6 Å². The van der Waals surface area contributed by atoms with Gasteiger partial charge in [0.05, 0.1) is 33.8 Å². The lowest BCUT2D eigenvalue weighted by Gasteiger charge is -2.12. The van der Waals surface area contributed by atoms with Crippen LogP contribution in [0.5, 0.6) is 28.7 Å². The summed E-state index contributed by atoms with van der Waals surface area (Å²) in [7, 11) is 5.94. The van der Waals surface area contributed by atoms with Gasteiger partial charge in [0.1, 0.15) is 5.75 Å². The van der Waals surface area contributed by atoms with E-state index in [1.54, 1.807) is 24.3 Å². The fourth-order valence-corrected chi connectivity index (χ4v) is 2.67. The Morgan fingerprint density at radius 3 is 2.15 bits per heavy atom. The molecule has 0 aliphatic rings. The van der Waals surface area contributed by atoms with Gasteiger partial charge in [0.2, 0.25) is 11.2 Å². The van der Waals surface area contributed by atoms with Gasteiger partial charge in [-0.1, -0.05) is 0 Å². The molecule has 0 spiro atoms. The third-order valence-corrected chi connectivity index (χ3v) is 4.01.